The van der Waals surface area contributed by atoms with Crippen LogP contribution in [-0.4, -0.2) is 23.8 Å². The Bertz CT molecular complexity index is 938. The van der Waals surface area contributed by atoms with Crippen LogP contribution in [0.5, 0.6) is 5.75 Å². The first kappa shape index (κ1) is 18.1. The van der Waals surface area contributed by atoms with Crippen molar-refractivity contribution in [3.63, 3.8) is 0 Å². The van der Waals surface area contributed by atoms with Crippen LogP contribution in [-0.2, 0) is 11.3 Å². The van der Waals surface area contributed by atoms with Crippen molar-refractivity contribution in [1.82, 2.24) is 4.98 Å². The first-order valence-corrected chi connectivity index (χ1v) is 9.11. The van der Waals surface area contributed by atoms with Crippen LogP contribution in [0.3, 0.4) is 0 Å². The van der Waals surface area contributed by atoms with Crippen LogP contribution in [0.4, 0.5) is 0 Å². The van der Waals surface area contributed by atoms with Gasteiger partial charge in [0.15, 0.2) is 0 Å². The van der Waals surface area contributed by atoms with Crippen molar-refractivity contribution in [2.75, 3.05) is 13.7 Å². The lowest BCUT2D eigenvalue weighted by atomic mass is 9.98. The van der Waals surface area contributed by atoms with E-state index in [2.05, 4.69) is 41.0 Å². The summed E-state index contributed by atoms with van der Waals surface area (Å²) in [6.45, 7) is 4.11. The predicted octanol–water partition coefficient (Wildman–Crippen LogP) is 4.52. The van der Waals surface area contributed by atoms with Gasteiger partial charge in [0.25, 0.3) is 5.09 Å². The largest absolute Gasteiger partial charge is 0.497 e. The quantitative estimate of drug-likeness (QED) is 0.450. The number of methoxy groups -OCH3 is 1. The summed E-state index contributed by atoms with van der Waals surface area (Å²) in [5.74, 6) is 0.991. The summed E-state index contributed by atoms with van der Waals surface area (Å²) in [5, 5.41) is 12.8. The highest BCUT2D eigenvalue weighted by Gasteiger charge is 2.16. The van der Waals surface area contributed by atoms with Gasteiger partial charge in [-0.05, 0) is 35.4 Å². The molecule has 0 saturated heterocycles. The predicted molar refractivity (Wildman–Crippen MR) is 102 cm³/mol. The fourth-order valence-corrected chi connectivity index (χ4v) is 3.99. The first-order chi connectivity index (χ1) is 12.5. The molecule has 0 spiro atoms. The average Bonchev–Trinajstić information content (AvgIpc) is 3.00. The number of fused-ring (bicyclic) bond motifs is 1. The molecule has 7 heteroatoms. The third-order valence-corrected chi connectivity index (χ3v) is 5.78. The van der Waals surface area contributed by atoms with E-state index < -0.39 is 5.09 Å². The molecule has 0 fully saturated rings. The van der Waals surface area contributed by atoms with Crippen LogP contribution in [0.1, 0.15) is 34.0 Å². The van der Waals surface area contributed by atoms with E-state index in [0.717, 1.165) is 32.1 Å². The van der Waals surface area contributed by atoms with Crippen LogP contribution in [0.15, 0.2) is 36.4 Å². The molecule has 0 unspecified atom stereocenters. The second kappa shape index (κ2) is 7.70. The summed E-state index contributed by atoms with van der Waals surface area (Å²) in [4.78, 5) is 20.4. The van der Waals surface area contributed by atoms with Crippen molar-refractivity contribution in [2.45, 2.75) is 26.2 Å². The number of benzene rings is 2. The van der Waals surface area contributed by atoms with Gasteiger partial charge < -0.3 is 9.57 Å². The molecule has 0 saturated carbocycles. The highest BCUT2D eigenvalue weighted by molar-refractivity contribution is 7.11. The summed E-state index contributed by atoms with van der Waals surface area (Å²) in [7, 11) is 1.66. The van der Waals surface area contributed by atoms with Gasteiger partial charge >= 0.3 is 0 Å². The second-order valence-corrected chi connectivity index (χ2v) is 7.18. The minimum atomic E-state index is -0.760. The summed E-state index contributed by atoms with van der Waals surface area (Å²) in [5.41, 5.74) is 2.10. The number of thiazole rings is 1. The molecule has 2 aromatic carbocycles. The zero-order valence-corrected chi connectivity index (χ0v) is 15.7. The number of aromatic nitrogens is 1. The number of nitrogens with zero attached hydrogens (tertiary/aromatic N) is 2. The van der Waals surface area contributed by atoms with E-state index in [1.165, 1.54) is 5.56 Å². The minimum absolute atomic E-state index is 0.0572. The minimum Gasteiger partial charge on any atom is -0.497 e. The smallest absolute Gasteiger partial charge is 0.294 e. The molecule has 0 aliphatic carbocycles. The van der Waals surface area contributed by atoms with E-state index in [0.29, 0.717) is 6.42 Å². The third kappa shape index (κ3) is 3.94. The van der Waals surface area contributed by atoms with Crippen LogP contribution in [0.25, 0.3) is 10.8 Å². The molecule has 0 amide bonds. The van der Waals surface area contributed by atoms with Crippen molar-refractivity contribution in [3.05, 3.63) is 67.7 Å². The molecular weight excluding hydrogens is 352 g/mol. The standard InChI is InChI=1S/C19H20N2O4S/c1-12(19-20-13(2)18(26-19)8-9-25-21(22)23)14-4-5-16-11-17(24-3)7-6-15(16)10-14/h4-7,10-12H,8-9H2,1-3H3/t12-/m0/s1. The molecular formula is C19H20N2O4S. The Balaban J connectivity index is 1.81. The molecule has 0 N–H and O–H groups in total. The summed E-state index contributed by atoms with van der Waals surface area (Å²) in [6.07, 6.45) is 0.495. The van der Waals surface area contributed by atoms with Gasteiger partial charge in [0.1, 0.15) is 17.4 Å². The Morgan fingerprint density at radius 2 is 1.96 bits per heavy atom. The van der Waals surface area contributed by atoms with E-state index in [-0.39, 0.29) is 12.5 Å². The van der Waals surface area contributed by atoms with Gasteiger partial charge in [0.05, 0.1) is 12.8 Å². The fraction of sp³-hybridized carbons (Fsp3) is 0.316. The second-order valence-electron chi connectivity index (χ2n) is 6.06. The van der Waals surface area contributed by atoms with E-state index >= 15 is 0 Å². The van der Waals surface area contributed by atoms with E-state index in [9.17, 15) is 10.1 Å². The van der Waals surface area contributed by atoms with Crippen LogP contribution < -0.4 is 4.74 Å². The Morgan fingerprint density at radius 1 is 1.23 bits per heavy atom. The fourth-order valence-electron chi connectivity index (χ4n) is 2.86. The Kier molecular flexibility index (Phi) is 5.37. The summed E-state index contributed by atoms with van der Waals surface area (Å²) >= 11 is 1.59. The lowest BCUT2D eigenvalue weighted by molar-refractivity contribution is -0.757. The summed E-state index contributed by atoms with van der Waals surface area (Å²) < 4.78 is 5.27. The SMILES string of the molecule is COc1ccc2cc([C@H](C)c3nc(C)c(CCO[N+](=O)[O-])s3)ccc2c1. The third-order valence-electron chi connectivity index (χ3n) is 4.38. The number of hydrogen-bond donors (Lipinski definition) is 0. The Hall–Kier alpha value is -2.67. The molecule has 6 nitrogen and oxygen atoms in total. The number of rotatable bonds is 7. The molecule has 3 rings (SSSR count). The molecule has 3 aromatic rings. The monoisotopic (exact) mass is 372 g/mol. The average molecular weight is 372 g/mol. The van der Waals surface area contributed by atoms with Gasteiger partial charge in [-0.25, -0.2) is 4.98 Å². The molecule has 1 heterocycles. The van der Waals surface area contributed by atoms with Crippen molar-refractivity contribution >= 4 is 22.1 Å². The van der Waals surface area contributed by atoms with Gasteiger partial charge in [0.2, 0.25) is 0 Å². The Morgan fingerprint density at radius 3 is 2.69 bits per heavy atom. The number of ether oxygens (including phenoxy) is 1. The lowest BCUT2D eigenvalue weighted by Crippen LogP contribution is -2.04. The van der Waals surface area contributed by atoms with Crippen molar-refractivity contribution in [2.24, 2.45) is 0 Å². The van der Waals surface area contributed by atoms with E-state index in [4.69, 9.17) is 4.74 Å². The molecule has 1 atom stereocenters. The molecule has 0 aliphatic heterocycles. The van der Waals surface area contributed by atoms with Gasteiger partial charge in [-0.15, -0.1) is 21.5 Å². The maximum atomic E-state index is 10.3. The molecule has 136 valence electrons. The maximum Gasteiger partial charge on any atom is 0.294 e. The van der Waals surface area contributed by atoms with Crippen LogP contribution >= 0.6 is 11.3 Å². The van der Waals surface area contributed by atoms with Crippen molar-refractivity contribution in [1.29, 1.82) is 0 Å². The molecule has 26 heavy (non-hydrogen) atoms. The highest BCUT2D eigenvalue weighted by Crippen LogP contribution is 2.32. The van der Waals surface area contributed by atoms with Gasteiger partial charge in [-0.2, -0.15) is 0 Å². The number of aryl methyl sites for hydroxylation is 1. The topological polar surface area (TPSA) is 74.5 Å². The normalized spacial score (nSPS) is 12.1. The lowest BCUT2D eigenvalue weighted by Gasteiger charge is -2.11. The van der Waals surface area contributed by atoms with E-state index in [1.54, 1.807) is 18.4 Å². The van der Waals surface area contributed by atoms with Gasteiger partial charge in [-0.1, -0.05) is 31.2 Å². The zero-order valence-electron chi connectivity index (χ0n) is 14.9. The van der Waals surface area contributed by atoms with Gasteiger partial charge in [-0.3, -0.25) is 0 Å². The number of hydrogen-bond acceptors (Lipinski definition) is 6. The Labute approximate surface area is 155 Å². The molecule has 0 bridgehead atoms. The van der Waals surface area contributed by atoms with Gasteiger partial charge in [0, 0.05) is 17.2 Å². The molecule has 0 radical (unpaired) electrons. The van der Waals surface area contributed by atoms with Crippen LogP contribution in [0.2, 0.25) is 0 Å². The maximum absolute atomic E-state index is 10.3. The highest BCUT2D eigenvalue weighted by atomic mass is 32.1. The van der Waals surface area contributed by atoms with E-state index in [1.807, 2.05) is 19.1 Å². The van der Waals surface area contributed by atoms with Crippen LogP contribution in [0, 0.1) is 17.0 Å². The molecule has 1 aromatic heterocycles. The zero-order chi connectivity index (χ0) is 18.7. The molecule has 0 aliphatic rings. The first-order valence-electron chi connectivity index (χ1n) is 8.29. The summed E-state index contributed by atoms with van der Waals surface area (Å²) in [6, 6.07) is 12.4. The van der Waals surface area contributed by atoms with Crippen molar-refractivity contribution in [3.8, 4) is 5.75 Å². The van der Waals surface area contributed by atoms with Crippen molar-refractivity contribution < 1.29 is 14.7 Å².